The molecule has 14 heavy (non-hydrogen) atoms. The van der Waals surface area contributed by atoms with E-state index in [2.05, 4.69) is 0 Å². The van der Waals surface area contributed by atoms with Crippen LogP contribution in [0.4, 0.5) is 8.78 Å². The van der Waals surface area contributed by atoms with Crippen LogP contribution in [0.1, 0.15) is 0 Å². The van der Waals surface area contributed by atoms with Gasteiger partial charge in [-0.15, -0.1) is 0 Å². The molecule has 76 valence electrons. The van der Waals surface area contributed by atoms with E-state index >= 15 is 0 Å². The quantitative estimate of drug-likeness (QED) is 0.751. The molecule has 0 radical (unpaired) electrons. The van der Waals surface area contributed by atoms with Crippen molar-refractivity contribution in [2.24, 2.45) is 5.73 Å². The van der Waals surface area contributed by atoms with Crippen LogP contribution >= 0.6 is 0 Å². The van der Waals surface area contributed by atoms with Crippen molar-refractivity contribution in [3.05, 3.63) is 42.0 Å². The molecule has 0 atom stereocenters. The van der Waals surface area contributed by atoms with Crippen LogP contribution in [-0.4, -0.2) is 13.2 Å². The Kier molecular flexibility index (Phi) is 4.07. The van der Waals surface area contributed by atoms with Crippen LogP contribution in [-0.2, 0) is 0 Å². The highest BCUT2D eigenvalue weighted by atomic mass is 19.2. The van der Waals surface area contributed by atoms with Gasteiger partial charge in [0.1, 0.15) is 6.61 Å². The maximum Gasteiger partial charge on any atom is 0.200 e. The van der Waals surface area contributed by atoms with Gasteiger partial charge < -0.3 is 10.5 Å². The maximum atomic E-state index is 13.0. The Labute approximate surface area is 81.0 Å². The Hall–Kier alpha value is -1.42. The lowest BCUT2D eigenvalue weighted by Crippen LogP contribution is -1.99. The summed E-state index contributed by atoms with van der Waals surface area (Å²) in [6.45, 7) is 0.576. The van der Waals surface area contributed by atoms with E-state index in [1.54, 1.807) is 12.2 Å². The molecule has 0 heterocycles. The van der Waals surface area contributed by atoms with Crippen LogP contribution in [0.3, 0.4) is 0 Å². The van der Waals surface area contributed by atoms with Crippen molar-refractivity contribution in [2.75, 3.05) is 13.2 Å². The fourth-order valence-corrected chi connectivity index (χ4v) is 0.898. The van der Waals surface area contributed by atoms with Gasteiger partial charge in [-0.2, -0.15) is 4.39 Å². The van der Waals surface area contributed by atoms with Gasteiger partial charge in [-0.1, -0.05) is 18.2 Å². The van der Waals surface area contributed by atoms with Gasteiger partial charge in [0.2, 0.25) is 5.82 Å². The predicted molar refractivity (Wildman–Crippen MR) is 50.0 cm³/mol. The van der Waals surface area contributed by atoms with E-state index in [-0.39, 0.29) is 12.4 Å². The highest BCUT2D eigenvalue weighted by molar-refractivity contribution is 5.25. The molecule has 0 saturated heterocycles. The Bertz CT molecular complexity index is 326. The SMILES string of the molecule is NCC=CCOc1cccc(F)c1F. The molecule has 4 heteroatoms. The zero-order chi connectivity index (χ0) is 10.4. The van der Waals surface area contributed by atoms with Crippen LogP contribution in [0, 0.1) is 11.6 Å². The second-order valence-corrected chi connectivity index (χ2v) is 2.57. The molecule has 2 nitrogen and oxygen atoms in total. The van der Waals surface area contributed by atoms with Gasteiger partial charge in [0, 0.05) is 6.54 Å². The van der Waals surface area contributed by atoms with E-state index in [9.17, 15) is 8.78 Å². The highest BCUT2D eigenvalue weighted by Gasteiger charge is 2.07. The summed E-state index contributed by atoms with van der Waals surface area (Å²) in [7, 11) is 0. The summed E-state index contributed by atoms with van der Waals surface area (Å²) in [5.74, 6) is -1.97. The first-order chi connectivity index (χ1) is 6.75. The molecular formula is C10H11F2NO. The largest absolute Gasteiger partial charge is 0.486 e. The van der Waals surface area contributed by atoms with Crippen molar-refractivity contribution < 1.29 is 13.5 Å². The minimum atomic E-state index is -0.964. The minimum Gasteiger partial charge on any atom is -0.486 e. The summed E-state index contributed by atoms with van der Waals surface area (Å²) in [4.78, 5) is 0. The van der Waals surface area contributed by atoms with Crippen molar-refractivity contribution >= 4 is 0 Å². The van der Waals surface area contributed by atoms with Gasteiger partial charge in [-0.25, -0.2) is 4.39 Å². The third kappa shape index (κ3) is 2.81. The zero-order valence-corrected chi connectivity index (χ0v) is 7.54. The maximum absolute atomic E-state index is 13.0. The van der Waals surface area contributed by atoms with Crippen molar-refractivity contribution in [1.29, 1.82) is 0 Å². The third-order valence-corrected chi connectivity index (χ3v) is 1.55. The van der Waals surface area contributed by atoms with E-state index < -0.39 is 11.6 Å². The molecule has 1 aromatic carbocycles. The van der Waals surface area contributed by atoms with Gasteiger partial charge in [0.25, 0.3) is 0 Å². The fourth-order valence-electron chi connectivity index (χ4n) is 0.898. The standard InChI is InChI=1S/C10H11F2NO/c11-8-4-3-5-9(10(8)12)14-7-2-1-6-13/h1-5H,6-7,13H2. The Morgan fingerprint density at radius 1 is 1.29 bits per heavy atom. The van der Waals surface area contributed by atoms with E-state index in [1.807, 2.05) is 0 Å². The first-order valence-corrected chi connectivity index (χ1v) is 4.17. The summed E-state index contributed by atoms with van der Waals surface area (Å²) < 4.78 is 30.6. The van der Waals surface area contributed by atoms with Crippen LogP contribution in [0.15, 0.2) is 30.4 Å². The average molecular weight is 199 g/mol. The van der Waals surface area contributed by atoms with Gasteiger partial charge in [-0.3, -0.25) is 0 Å². The second kappa shape index (κ2) is 5.34. The lowest BCUT2D eigenvalue weighted by atomic mass is 10.3. The molecule has 0 saturated carbocycles. The van der Waals surface area contributed by atoms with Crippen LogP contribution in [0.2, 0.25) is 0 Å². The number of nitrogens with two attached hydrogens (primary N) is 1. The number of hydrogen-bond donors (Lipinski definition) is 1. The summed E-state index contributed by atoms with van der Waals surface area (Å²) >= 11 is 0. The summed E-state index contributed by atoms with van der Waals surface area (Å²) in [6.07, 6.45) is 3.32. The lowest BCUT2D eigenvalue weighted by Gasteiger charge is -2.04. The first-order valence-electron chi connectivity index (χ1n) is 4.17. The molecule has 0 aliphatic carbocycles. The summed E-state index contributed by atoms with van der Waals surface area (Å²) in [5.41, 5.74) is 5.19. The van der Waals surface area contributed by atoms with Crippen molar-refractivity contribution in [1.82, 2.24) is 0 Å². The molecule has 0 fully saturated rings. The van der Waals surface area contributed by atoms with Crippen LogP contribution in [0.5, 0.6) is 5.75 Å². The van der Waals surface area contributed by atoms with E-state index in [1.165, 1.54) is 12.1 Å². The van der Waals surface area contributed by atoms with E-state index in [4.69, 9.17) is 10.5 Å². The molecule has 1 aromatic rings. The van der Waals surface area contributed by atoms with Gasteiger partial charge in [0.15, 0.2) is 11.6 Å². The molecular weight excluding hydrogens is 188 g/mol. The molecule has 0 spiro atoms. The molecule has 2 N–H and O–H groups in total. The van der Waals surface area contributed by atoms with Crippen LogP contribution < -0.4 is 10.5 Å². The van der Waals surface area contributed by atoms with Gasteiger partial charge >= 0.3 is 0 Å². The third-order valence-electron chi connectivity index (χ3n) is 1.55. The van der Waals surface area contributed by atoms with Gasteiger partial charge in [0.05, 0.1) is 0 Å². The second-order valence-electron chi connectivity index (χ2n) is 2.57. The van der Waals surface area contributed by atoms with E-state index in [0.29, 0.717) is 6.54 Å². The van der Waals surface area contributed by atoms with E-state index in [0.717, 1.165) is 6.07 Å². The molecule has 1 rings (SSSR count). The molecule has 0 amide bonds. The molecule has 0 aromatic heterocycles. The average Bonchev–Trinajstić information content (AvgIpc) is 2.19. The molecule has 0 bridgehead atoms. The Balaban J connectivity index is 2.59. The van der Waals surface area contributed by atoms with Crippen molar-refractivity contribution in [3.63, 3.8) is 0 Å². The summed E-state index contributed by atoms with van der Waals surface area (Å²) in [6, 6.07) is 3.80. The normalized spacial score (nSPS) is 10.8. The number of halogens is 2. The van der Waals surface area contributed by atoms with Crippen LogP contribution in [0.25, 0.3) is 0 Å². The lowest BCUT2D eigenvalue weighted by molar-refractivity contribution is 0.332. The topological polar surface area (TPSA) is 35.2 Å². The highest BCUT2D eigenvalue weighted by Crippen LogP contribution is 2.18. The number of ether oxygens (including phenoxy) is 1. The number of rotatable bonds is 4. The number of hydrogen-bond acceptors (Lipinski definition) is 2. The first kappa shape index (κ1) is 10.7. The van der Waals surface area contributed by atoms with Gasteiger partial charge in [-0.05, 0) is 12.1 Å². The predicted octanol–water partition coefficient (Wildman–Crippen LogP) is 1.86. The summed E-state index contributed by atoms with van der Waals surface area (Å²) in [5, 5.41) is 0. The zero-order valence-electron chi connectivity index (χ0n) is 7.54. The van der Waals surface area contributed by atoms with Crippen molar-refractivity contribution in [2.45, 2.75) is 0 Å². The smallest absolute Gasteiger partial charge is 0.200 e. The molecule has 0 unspecified atom stereocenters. The number of benzene rings is 1. The molecule has 0 aliphatic rings. The monoisotopic (exact) mass is 199 g/mol. The minimum absolute atomic E-state index is 0.0910. The Morgan fingerprint density at radius 2 is 2.07 bits per heavy atom. The van der Waals surface area contributed by atoms with Crippen molar-refractivity contribution in [3.8, 4) is 5.75 Å². The fraction of sp³-hybridized carbons (Fsp3) is 0.200. The molecule has 0 aliphatic heterocycles. The Morgan fingerprint density at radius 3 is 2.79 bits per heavy atom.